The van der Waals surface area contributed by atoms with E-state index in [1.54, 1.807) is 26.0 Å². The normalized spacial score (nSPS) is 15.8. The Bertz CT molecular complexity index is 818. The maximum atomic E-state index is 13.9. The summed E-state index contributed by atoms with van der Waals surface area (Å²) >= 11 is 0. The van der Waals surface area contributed by atoms with Crippen LogP contribution in [-0.4, -0.2) is 5.91 Å². The molecule has 4 N–H and O–H groups in total. The number of hydrogen-bond donors (Lipinski definition) is 2. The van der Waals surface area contributed by atoms with Gasteiger partial charge in [-0.3, -0.25) is 4.79 Å². The largest absolute Gasteiger partial charge is 0.397 e. The third-order valence-electron chi connectivity index (χ3n) is 4.29. The highest BCUT2D eigenvalue weighted by atomic mass is 19.1. The van der Waals surface area contributed by atoms with Gasteiger partial charge in [-0.05, 0) is 37.6 Å². The van der Waals surface area contributed by atoms with Crippen LogP contribution in [0, 0.1) is 11.6 Å². The zero-order valence-electron chi connectivity index (χ0n) is 12.9. The number of amides is 1. The first kappa shape index (κ1) is 15.3. The maximum Gasteiger partial charge on any atom is 0.237 e. The number of carbonyl (C=O) groups excluding carboxylic acids is 1. The van der Waals surface area contributed by atoms with Gasteiger partial charge in [0.25, 0.3) is 0 Å². The van der Waals surface area contributed by atoms with Crippen molar-refractivity contribution in [2.45, 2.75) is 25.8 Å². The highest BCUT2D eigenvalue weighted by molar-refractivity contribution is 6.08. The Labute approximate surface area is 132 Å². The summed E-state index contributed by atoms with van der Waals surface area (Å²) in [5.41, 5.74) is 13.3. The average molecular weight is 317 g/mol. The van der Waals surface area contributed by atoms with Gasteiger partial charge in [-0.25, -0.2) is 8.78 Å². The van der Waals surface area contributed by atoms with Gasteiger partial charge in [0.05, 0.1) is 29.0 Å². The van der Waals surface area contributed by atoms with E-state index in [0.717, 1.165) is 11.6 Å². The summed E-state index contributed by atoms with van der Waals surface area (Å²) in [7, 11) is 0. The lowest BCUT2D eigenvalue weighted by Gasteiger charge is -2.20. The van der Waals surface area contributed by atoms with Gasteiger partial charge in [0, 0.05) is 11.6 Å². The van der Waals surface area contributed by atoms with E-state index in [0.29, 0.717) is 17.1 Å². The monoisotopic (exact) mass is 317 g/mol. The summed E-state index contributed by atoms with van der Waals surface area (Å²) < 4.78 is 27.0. The fraction of sp³-hybridized carbons (Fsp3) is 0.235. The molecule has 0 spiro atoms. The van der Waals surface area contributed by atoms with Crippen molar-refractivity contribution in [3.8, 4) is 0 Å². The number of nitrogens with zero attached hydrogens (tertiary/aromatic N) is 1. The quantitative estimate of drug-likeness (QED) is 0.837. The van der Waals surface area contributed by atoms with Gasteiger partial charge in [0.1, 0.15) is 11.6 Å². The Kier molecular flexibility index (Phi) is 3.28. The van der Waals surface area contributed by atoms with E-state index in [4.69, 9.17) is 11.5 Å². The van der Waals surface area contributed by atoms with Gasteiger partial charge >= 0.3 is 0 Å². The standard InChI is InChI=1S/C17H17F2N3O/c1-17(2)11-6-13(20)14(21)7-15(11)22(16(17)23)8-9-3-4-10(18)5-12(9)19/h3-7H,8,20-21H2,1-2H3. The topological polar surface area (TPSA) is 72.3 Å². The van der Waals surface area contributed by atoms with Crippen LogP contribution >= 0.6 is 0 Å². The highest BCUT2D eigenvalue weighted by Gasteiger charge is 2.44. The van der Waals surface area contributed by atoms with Crippen molar-refractivity contribution < 1.29 is 13.6 Å². The molecule has 0 saturated carbocycles. The second-order valence-electron chi connectivity index (χ2n) is 6.25. The Hall–Kier alpha value is -2.63. The van der Waals surface area contributed by atoms with Crippen molar-refractivity contribution in [2.24, 2.45) is 0 Å². The van der Waals surface area contributed by atoms with Gasteiger partial charge in [-0.1, -0.05) is 6.07 Å². The molecule has 1 aliphatic heterocycles. The SMILES string of the molecule is CC1(C)C(=O)N(Cc2ccc(F)cc2F)c2cc(N)c(N)cc21. The van der Waals surface area contributed by atoms with Crippen LogP contribution in [0.3, 0.4) is 0 Å². The predicted octanol–water partition coefficient (Wildman–Crippen LogP) is 2.95. The maximum absolute atomic E-state index is 13.9. The Morgan fingerprint density at radius 1 is 1.09 bits per heavy atom. The molecule has 1 heterocycles. The Balaban J connectivity index is 2.08. The van der Waals surface area contributed by atoms with Crippen LogP contribution in [0.4, 0.5) is 25.8 Å². The van der Waals surface area contributed by atoms with E-state index >= 15 is 0 Å². The van der Waals surface area contributed by atoms with Crippen LogP contribution in [0.25, 0.3) is 0 Å². The van der Waals surface area contributed by atoms with Crippen LogP contribution in [-0.2, 0) is 16.8 Å². The molecule has 23 heavy (non-hydrogen) atoms. The number of carbonyl (C=O) groups is 1. The second-order valence-corrected chi connectivity index (χ2v) is 6.25. The van der Waals surface area contributed by atoms with Crippen molar-refractivity contribution in [3.63, 3.8) is 0 Å². The third-order valence-corrected chi connectivity index (χ3v) is 4.29. The van der Waals surface area contributed by atoms with Crippen LogP contribution < -0.4 is 16.4 Å². The van der Waals surface area contributed by atoms with Gasteiger partial charge < -0.3 is 16.4 Å². The predicted molar refractivity (Wildman–Crippen MR) is 85.8 cm³/mol. The minimum absolute atomic E-state index is 0.00470. The van der Waals surface area contributed by atoms with E-state index in [9.17, 15) is 13.6 Å². The molecule has 120 valence electrons. The molecule has 1 aliphatic rings. The van der Waals surface area contributed by atoms with Crippen LogP contribution in [0.2, 0.25) is 0 Å². The van der Waals surface area contributed by atoms with E-state index in [-0.39, 0.29) is 18.0 Å². The number of rotatable bonds is 2. The first-order chi connectivity index (χ1) is 10.7. The van der Waals surface area contributed by atoms with Crippen LogP contribution in [0.1, 0.15) is 25.0 Å². The fourth-order valence-corrected chi connectivity index (χ4v) is 2.88. The lowest BCUT2D eigenvalue weighted by atomic mass is 9.86. The molecule has 3 rings (SSSR count). The lowest BCUT2D eigenvalue weighted by molar-refractivity contribution is -0.122. The van der Waals surface area contributed by atoms with Gasteiger partial charge in [0.2, 0.25) is 5.91 Å². The molecule has 0 unspecified atom stereocenters. The summed E-state index contributed by atoms with van der Waals surface area (Å²) in [6.07, 6.45) is 0. The molecule has 0 saturated heterocycles. The van der Waals surface area contributed by atoms with Crippen molar-refractivity contribution in [1.29, 1.82) is 0 Å². The first-order valence-electron chi connectivity index (χ1n) is 7.17. The number of benzene rings is 2. The summed E-state index contributed by atoms with van der Waals surface area (Å²) in [4.78, 5) is 14.2. The lowest BCUT2D eigenvalue weighted by Crippen LogP contribution is -2.35. The number of halogens is 2. The van der Waals surface area contributed by atoms with E-state index in [1.165, 1.54) is 17.0 Å². The Morgan fingerprint density at radius 2 is 1.74 bits per heavy atom. The molecule has 4 nitrogen and oxygen atoms in total. The second kappa shape index (κ2) is 4.94. The molecular formula is C17H17F2N3O. The van der Waals surface area contributed by atoms with Crippen molar-refractivity contribution in [2.75, 3.05) is 16.4 Å². The first-order valence-corrected chi connectivity index (χ1v) is 7.17. The van der Waals surface area contributed by atoms with E-state index in [2.05, 4.69) is 0 Å². The molecular weight excluding hydrogens is 300 g/mol. The molecule has 0 fully saturated rings. The molecule has 2 aromatic carbocycles. The summed E-state index contributed by atoms with van der Waals surface area (Å²) in [6.45, 7) is 3.57. The molecule has 6 heteroatoms. The van der Waals surface area contributed by atoms with E-state index < -0.39 is 17.0 Å². The zero-order chi connectivity index (χ0) is 16.9. The van der Waals surface area contributed by atoms with Crippen molar-refractivity contribution in [1.82, 2.24) is 0 Å². The van der Waals surface area contributed by atoms with E-state index in [1.807, 2.05) is 0 Å². The molecule has 0 aromatic heterocycles. The molecule has 0 aliphatic carbocycles. The zero-order valence-corrected chi connectivity index (χ0v) is 12.9. The van der Waals surface area contributed by atoms with Gasteiger partial charge in [0.15, 0.2) is 0 Å². The van der Waals surface area contributed by atoms with Gasteiger partial charge in [-0.2, -0.15) is 0 Å². The van der Waals surface area contributed by atoms with Crippen LogP contribution in [0.5, 0.6) is 0 Å². The summed E-state index contributed by atoms with van der Waals surface area (Å²) in [6, 6.07) is 6.62. The molecule has 1 amide bonds. The van der Waals surface area contributed by atoms with Crippen molar-refractivity contribution in [3.05, 3.63) is 53.1 Å². The molecule has 0 atom stereocenters. The summed E-state index contributed by atoms with van der Waals surface area (Å²) in [5, 5.41) is 0. The minimum atomic E-state index is -0.784. The smallest absolute Gasteiger partial charge is 0.237 e. The molecule has 0 radical (unpaired) electrons. The molecule has 0 bridgehead atoms. The van der Waals surface area contributed by atoms with Crippen molar-refractivity contribution >= 4 is 23.0 Å². The number of anilines is 3. The number of hydrogen-bond acceptors (Lipinski definition) is 3. The number of nitrogen functional groups attached to an aromatic ring is 2. The number of nitrogens with two attached hydrogens (primary N) is 2. The Morgan fingerprint density at radius 3 is 2.39 bits per heavy atom. The third kappa shape index (κ3) is 2.30. The highest BCUT2D eigenvalue weighted by Crippen LogP contribution is 2.44. The number of fused-ring (bicyclic) bond motifs is 1. The summed E-state index contributed by atoms with van der Waals surface area (Å²) in [5.74, 6) is -1.52. The average Bonchev–Trinajstić information content (AvgIpc) is 2.64. The fourth-order valence-electron chi connectivity index (χ4n) is 2.88. The van der Waals surface area contributed by atoms with Crippen LogP contribution in [0.15, 0.2) is 30.3 Å². The van der Waals surface area contributed by atoms with Gasteiger partial charge in [-0.15, -0.1) is 0 Å². The molecule has 2 aromatic rings. The minimum Gasteiger partial charge on any atom is -0.397 e.